The predicted molar refractivity (Wildman–Crippen MR) is 73.9 cm³/mol. The molecule has 0 fully saturated rings. The number of anilines is 1. The third kappa shape index (κ3) is 3.84. The lowest BCUT2D eigenvalue weighted by atomic mass is 10.3. The van der Waals surface area contributed by atoms with Gasteiger partial charge in [0.25, 0.3) is 0 Å². The molecule has 2 aromatic rings. The minimum absolute atomic E-state index is 0.422. The zero-order valence-corrected chi connectivity index (χ0v) is 11.1. The van der Waals surface area contributed by atoms with Crippen molar-refractivity contribution in [3.63, 3.8) is 0 Å². The van der Waals surface area contributed by atoms with Gasteiger partial charge >= 0.3 is 0 Å². The molecule has 0 amide bonds. The average Bonchev–Trinajstić information content (AvgIpc) is 2.46. The number of benzene rings is 1. The van der Waals surface area contributed by atoms with Crippen LogP contribution in [0.4, 0.5) is 5.69 Å². The quantitative estimate of drug-likeness (QED) is 0.863. The van der Waals surface area contributed by atoms with Crippen LogP contribution in [0.1, 0.15) is 13.3 Å². The van der Waals surface area contributed by atoms with Crippen LogP contribution in [-0.4, -0.2) is 23.6 Å². The molecule has 2 rings (SSSR count). The molecule has 0 spiro atoms. The van der Waals surface area contributed by atoms with Crippen molar-refractivity contribution < 1.29 is 9.47 Å². The Bertz CT molecular complexity index is 514. The molecule has 0 aliphatic rings. The monoisotopic (exact) mass is 259 g/mol. The summed E-state index contributed by atoms with van der Waals surface area (Å²) in [5.41, 5.74) is 1.03. The first kappa shape index (κ1) is 13.1. The zero-order chi connectivity index (χ0) is 13.5. The van der Waals surface area contributed by atoms with Crippen LogP contribution in [0.25, 0.3) is 0 Å². The lowest BCUT2D eigenvalue weighted by Gasteiger charge is -2.07. The number of aromatic nitrogens is 2. The van der Waals surface area contributed by atoms with E-state index in [1.54, 1.807) is 12.4 Å². The van der Waals surface area contributed by atoms with Gasteiger partial charge in [-0.05, 0) is 30.7 Å². The van der Waals surface area contributed by atoms with E-state index in [0.29, 0.717) is 24.1 Å². The molecule has 0 unspecified atom stereocenters. The van der Waals surface area contributed by atoms with Gasteiger partial charge in [-0.1, -0.05) is 6.92 Å². The van der Waals surface area contributed by atoms with Gasteiger partial charge in [0.1, 0.15) is 5.75 Å². The van der Waals surface area contributed by atoms with Crippen molar-refractivity contribution in [2.45, 2.75) is 13.3 Å². The number of ether oxygens (including phenoxy) is 2. The maximum atomic E-state index is 5.62. The first-order valence-electron chi connectivity index (χ1n) is 6.22. The second-order valence-corrected chi connectivity index (χ2v) is 3.92. The lowest BCUT2D eigenvalue weighted by Crippen LogP contribution is -1.99. The van der Waals surface area contributed by atoms with Crippen LogP contribution < -0.4 is 14.8 Å². The molecular weight excluding hydrogens is 242 g/mol. The molecule has 19 heavy (non-hydrogen) atoms. The van der Waals surface area contributed by atoms with Crippen LogP contribution in [-0.2, 0) is 0 Å². The van der Waals surface area contributed by atoms with Gasteiger partial charge in [-0.25, -0.2) is 0 Å². The van der Waals surface area contributed by atoms with Crippen LogP contribution in [0.5, 0.6) is 17.5 Å². The Labute approximate surface area is 112 Å². The fourth-order valence-electron chi connectivity index (χ4n) is 1.47. The van der Waals surface area contributed by atoms with Crippen LogP contribution >= 0.6 is 0 Å². The maximum absolute atomic E-state index is 5.62. The summed E-state index contributed by atoms with van der Waals surface area (Å²) < 4.78 is 11.0. The van der Waals surface area contributed by atoms with Crippen LogP contribution in [0, 0.1) is 0 Å². The Kier molecular flexibility index (Phi) is 4.55. The molecule has 0 atom stereocenters. The highest BCUT2D eigenvalue weighted by molar-refractivity contribution is 5.46. The summed E-state index contributed by atoms with van der Waals surface area (Å²) >= 11 is 0. The van der Waals surface area contributed by atoms with Crippen molar-refractivity contribution in [2.75, 3.05) is 19.0 Å². The Morgan fingerprint density at radius 3 is 2.53 bits per heavy atom. The standard InChI is InChI=1S/C14H17N3O2/c1-3-8-18-13-9-16-10-14(17-13)19-12-6-4-11(15-2)5-7-12/h4-7,9-10,15H,3,8H2,1-2H3. The molecule has 5 heteroatoms. The molecule has 0 bridgehead atoms. The van der Waals surface area contributed by atoms with Gasteiger partial charge in [-0.2, -0.15) is 4.98 Å². The van der Waals surface area contributed by atoms with Gasteiger partial charge < -0.3 is 14.8 Å². The second kappa shape index (κ2) is 6.58. The largest absolute Gasteiger partial charge is 0.477 e. The molecule has 5 nitrogen and oxygen atoms in total. The van der Waals surface area contributed by atoms with E-state index in [2.05, 4.69) is 15.3 Å². The summed E-state index contributed by atoms with van der Waals surface area (Å²) in [6, 6.07) is 7.60. The van der Waals surface area contributed by atoms with Crippen molar-refractivity contribution in [3.05, 3.63) is 36.7 Å². The van der Waals surface area contributed by atoms with Crippen LogP contribution in [0.3, 0.4) is 0 Å². The summed E-state index contributed by atoms with van der Waals surface area (Å²) in [4.78, 5) is 8.27. The van der Waals surface area contributed by atoms with E-state index in [9.17, 15) is 0 Å². The molecule has 1 heterocycles. The fourth-order valence-corrected chi connectivity index (χ4v) is 1.47. The zero-order valence-electron chi connectivity index (χ0n) is 11.1. The molecule has 0 saturated carbocycles. The van der Waals surface area contributed by atoms with Gasteiger partial charge in [0, 0.05) is 12.7 Å². The van der Waals surface area contributed by atoms with Crippen LogP contribution in [0.15, 0.2) is 36.7 Å². The first-order valence-corrected chi connectivity index (χ1v) is 6.22. The molecule has 0 radical (unpaired) electrons. The van der Waals surface area contributed by atoms with E-state index in [1.165, 1.54) is 0 Å². The first-order chi connectivity index (χ1) is 9.31. The normalized spacial score (nSPS) is 10.0. The molecular formula is C14H17N3O2. The minimum Gasteiger partial charge on any atom is -0.477 e. The van der Waals surface area contributed by atoms with E-state index in [4.69, 9.17) is 9.47 Å². The summed E-state index contributed by atoms with van der Waals surface area (Å²) in [5, 5.41) is 3.05. The third-order valence-corrected chi connectivity index (χ3v) is 2.41. The summed E-state index contributed by atoms with van der Waals surface area (Å²) in [6.07, 6.45) is 4.07. The van der Waals surface area contributed by atoms with E-state index in [1.807, 2.05) is 38.2 Å². The van der Waals surface area contributed by atoms with Crippen molar-refractivity contribution in [3.8, 4) is 17.5 Å². The van der Waals surface area contributed by atoms with Gasteiger partial charge in [0.15, 0.2) is 0 Å². The van der Waals surface area contributed by atoms with E-state index >= 15 is 0 Å². The van der Waals surface area contributed by atoms with Gasteiger partial charge in [-0.3, -0.25) is 4.98 Å². The Morgan fingerprint density at radius 1 is 1.11 bits per heavy atom. The van der Waals surface area contributed by atoms with Gasteiger partial charge in [0.05, 0.1) is 19.0 Å². The van der Waals surface area contributed by atoms with Crippen LogP contribution in [0.2, 0.25) is 0 Å². The summed E-state index contributed by atoms with van der Waals surface area (Å²) in [7, 11) is 1.87. The molecule has 0 aliphatic carbocycles. The van der Waals surface area contributed by atoms with Crippen molar-refractivity contribution in [1.82, 2.24) is 9.97 Å². The Hall–Kier alpha value is -2.30. The lowest BCUT2D eigenvalue weighted by molar-refractivity contribution is 0.299. The summed E-state index contributed by atoms with van der Waals surface area (Å²) in [6.45, 7) is 2.66. The highest BCUT2D eigenvalue weighted by Gasteiger charge is 2.02. The number of hydrogen-bond donors (Lipinski definition) is 1. The predicted octanol–water partition coefficient (Wildman–Crippen LogP) is 3.10. The summed E-state index contributed by atoms with van der Waals surface area (Å²) in [5.74, 6) is 1.61. The highest BCUT2D eigenvalue weighted by Crippen LogP contribution is 2.22. The van der Waals surface area contributed by atoms with E-state index in [0.717, 1.165) is 12.1 Å². The maximum Gasteiger partial charge on any atom is 0.241 e. The molecule has 0 saturated heterocycles. The highest BCUT2D eigenvalue weighted by atomic mass is 16.5. The van der Waals surface area contributed by atoms with Gasteiger partial charge in [0.2, 0.25) is 11.8 Å². The van der Waals surface area contributed by atoms with Crippen molar-refractivity contribution in [1.29, 1.82) is 0 Å². The molecule has 1 aromatic carbocycles. The van der Waals surface area contributed by atoms with E-state index < -0.39 is 0 Å². The van der Waals surface area contributed by atoms with E-state index in [-0.39, 0.29) is 0 Å². The number of hydrogen-bond acceptors (Lipinski definition) is 5. The minimum atomic E-state index is 0.422. The SMILES string of the molecule is CCCOc1cncc(Oc2ccc(NC)cc2)n1. The Balaban J connectivity index is 2.05. The molecule has 100 valence electrons. The molecule has 0 aliphatic heterocycles. The topological polar surface area (TPSA) is 56.3 Å². The molecule has 1 aromatic heterocycles. The number of nitrogens with one attached hydrogen (secondary N) is 1. The smallest absolute Gasteiger partial charge is 0.241 e. The fraction of sp³-hybridized carbons (Fsp3) is 0.286. The second-order valence-electron chi connectivity index (χ2n) is 3.92. The Morgan fingerprint density at radius 2 is 1.84 bits per heavy atom. The molecule has 1 N–H and O–H groups in total. The van der Waals surface area contributed by atoms with Gasteiger partial charge in [-0.15, -0.1) is 0 Å². The third-order valence-electron chi connectivity index (χ3n) is 2.41. The average molecular weight is 259 g/mol. The number of nitrogens with zero attached hydrogens (tertiary/aromatic N) is 2. The number of rotatable bonds is 6. The van der Waals surface area contributed by atoms with Crippen molar-refractivity contribution >= 4 is 5.69 Å². The van der Waals surface area contributed by atoms with Crippen molar-refractivity contribution in [2.24, 2.45) is 0 Å².